The van der Waals surface area contributed by atoms with Crippen LogP contribution in [-0.2, 0) is 0 Å². The maximum atomic E-state index is 5.93. The van der Waals surface area contributed by atoms with Gasteiger partial charge in [0.1, 0.15) is 0 Å². The Morgan fingerprint density at radius 1 is 1.29 bits per heavy atom. The van der Waals surface area contributed by atoms with E-state index >= 15 is 0 Å². The van der Waals surface area contributed by atoms with E-state index in [4.69, 9.17) is 23.2 Å². The van der Waals surface area contributed by atoms with E-state index in [-0.39, 0.29) is 6.04 Å². The molecule has 1 unspecified atom stereocenters. The maximum absolute atomic E-state index is 5.93. The maximum Gasteiger partial charge on any atom is 0.0744 e. The summed E-state index contributed by atoms with van der Waals surface area (Å²) in [7, 11) is 0. The minimum absolute atomic E-state index is 0.194. The normalized spacial score (nSPS) is 12.4. The topological polar surface area (TPSA) is 77.0 Å². The molecule has 5 N–H and O–H groups in total. The van der Waals surface area contributed by atoms with E-state index < -0.39 is 0 Å². The van der Waals surface area contributed by atoms with E-state index in [2.05, 4.69) is 10.4 Å². The largest absolute Gasteiger partial charge is 0.398 e. The summed E-state index contributed by atoms with van der Waals surface area (Å²) in [6.07, 6.45) is 3.46. The Morgan fingerprint density at radius 3 is 2.71 bits per heavy atom. The van der Waals surface area contributed by atoms with E-state index in [1.165, 1.54) is 0 Å². The van der Waals surface area contributed by atoms with Crippen molar-refractivity contribution < 1.29 is 0 Å². The van der Waals surface area contributed by atoms with E-state index in [9.17, 15) is 0 Å². The highest BCUT2D eigenvalue weighted by molar-refractivity contribution is 6.30. The molecule has 0 aliphatic carbocycles. The van der Waals surface area contributed by atoms with Crippen LogP contribution < -0.4 is 17.0 Å². The molecule has 0 aliphatic rings. The van der Waals surface area contributed by atoms with Crippen molar-refractivity contribution in [1.82, 2.24) is 10.4 Å². The first-order valence-electron chi connectivity index (χ1n) is 5.13. The van der Waals surface area contributed by atoms with Crippen LogP contribution in [0.4, 0.5) is 5.69 Å². The molecule has 0 spiro atoms. The Bertz CT molecular complexity index is 501. The van der Waals surface area contributed by atoms with Crippen LogP contribution in [0.1, 0.15) is 17.2 Å². The van der Waals surface area contributed by atoms with Crippen LogP contribution in [0.5, 0.6) is 0 Å². The van der Waals surface area contributed by atoms with E-state index in [0.717, 1.165) is 11.1 Å². The number of halogens is 1. The molecule has 88 valence electrons. The van der Waals surface area contributed by atoms with Gasteiger partial charge in [-0.1, -0.05) is 23.7 Å². The fourth-order valence-corrected chi connectivity index (χ4v) is 1.90. The van der Waals surface area contributed by atoms with Crippen molar-refractivity contribution in [1.29, 1.82) is 0 Å². The van der Waals surface area contributed by atoms with Gasteiger partial charge < -0.3 is 5.73 Å². The lowest BCUT2D eigenvalue weighted by atomic mass is 9.99. The number of aromatic nitrogens is 1. The first-order valence-corrected chi connectivity index (χ1v) is 5.51. The Labute approximate surface area is 105 Å². The Balaban J connectivity index is 2.42. The number of nitrogen functional groups attached to an aromatic ring is 1. The van der Waals surface area contributed by atoms with Crippen molar-refractivity contribution in [3.8, 4) is 0 Å². The monoisotopic (exact) mass is 248 g/mol. The predicted molar refractivity (Wildman–Crippen MR) is 69.3 cm³/mol. The third kappa shape index (κ3) is 2.55. The van der Waals surface area contributed by atoms with Crippen LogP contribution in [0.2, 0.25) is 5.02 Å². The molecule has 1 aromatic carbocycles. The third-order valence-electron chi connectivity index (χ3n) is 2.54. The number of hydrogen-bond acceptors (Lipinski definition) is 4. The number of nitrogens with one attached hydrogen (secondary N) is 1. The van der Waals surface area contributed by atoms with Gasteiger partial charge in [0.2, 0.25) is 0 Å². The summed E-state index contributed by atoms with van der Waals surface area (Å²) in [5, 5.41) is 0.605. The number of hydrogen-bond donors (Lipinski definition) is 3. The Hall–Kier alpha value is -1.62. The van der Waals surface area contributed by atoms with Crippen LogP contribution in [-0.4, -0.2) is 4.98 Å². The molecule has 2 aromatic rings. The van der Waals surface area contributed by atoms with Gasteiger partial charge >= 0.3 is 0 Å². The van der Waals surface area contributed by atoms with Crippen LogP contribution in [0.25, 0.3) is 0 Å². The van der Waals surface area contributed by atoms with Crippen molar-refractivity contribution in [2.45, 2.75) is 6.04 Å². The lowest BCUT2D eigenvalue weighted by molar-refractivity contribution is 0.636. The third-order valence-corrected chi connectivity index (χ3v) is 2.78. The summed E-state index contributed by atoms with van der Waals surface area (Å²) < 4.78 is 0. The van der Waals surface area contributed by atoms with Crippen molar-refractivity contribution in [2.75, 3.05) is 5.73 Å². The van der Waals surface area contributed by atoms with Gasteiger partial charge in [0.25, 0.3) is 0 Å². The molecule has 17 heavy (non-hydrogen) atoms. The highest BCUT2D eigenvalue weighted by Gasteiger charge is 2.15. The molecular weight excluding hydrogens is 236 g/mol. The van der Waals surface area contributed by atoms with E-state index in [1.54, 1.807) is 24.5 Å². The summed E-state index contributed by atoms with van der Waals surface area (Å²) >= 11 is 5.87. The van der Waals surface area contributed by atoms with Crippen molar-refractivity contribution in [3.05, 3.63) is 58.9 Å². The van der Waals surface area contributed by atoms with Crippen LogP contribution in [0.3, 0.4) is 0 Å². The smallest absolute Gasteiger partial charge is 0.0744 e. The molecule has 0 aliphatic heterocycles. The minimum Gasteiger partial charge on any atom is -0.398 e. The summed E-state index contributed by atoms with van der Waals surface area (Å²) in [6.45, 7) is 0. The second kappa shape index (κ2) is 5.14. The molecule has 2 rings (SSSR count). The van der Waals surface area contributed by atoms with Gasteiger partial charge in [-0.2, -0.15) is 0 Å². The number of rotatable bonds is 3. The minimum atomic E-state index is -0.194. The molecule has 4 nitrogen and oxygen atoms in total. The van der Waals surface area contributed by atoms with Crippen molar-refractivity contribution >= 4 is 17.3 Å². The molecular formula is C12H13ClN4. The number of pyridine rings is 1. The summed E-state index contributed by atoms with van der Waals surface area (Å²) in [5.41, 5.74) is 11.1. The molecule has 0 fully saturated rings. The van der Waals surface area contributed by atoms with Crippen molar-refractivity contribution in [3.63, 3.8) is 0 Å². The van der Waals surface area contributed by atoms with Crippen LogP contribution >= 0.6 is 11.6 Å². The lowest BCUT2D eigenvalue weighted by Gasteiger charge is -2.18. The number of hydrazine groups is 1. The summed E-state index contributed by atoms with van der Waals surface area (Å²) in [6, 6.07) is 8.94. The molecule has 0 saturated heterocycles. The summed E-state index contributed by atoms with van der Waals surface area (Å²) in [5.74, 6) is 5.58. The molecule has 1 atom stereocenters. The molecule has 0 amide bonds. The quantitative estimate of drug-likeness (QED) is 0.440. The number of nitrogens with two attached hydrogens (primary N) is 2. The molecule has 1 aromatic heterocycles. The van der Waals surface area contributed by atoms with Crippen LogP contribution in [0, 0.1) is 0 Å². The average Bonchev–Trinajstić information content (AvgIpc) is 2.34. The van der Waals surface area contributed by atoms with Gasteiger partial charge in [0.15, 0.2) is 0 Å². The second-order valence-electron chi connectivity index (χ2n) is 3.66. The number of anilines is 1. The highest BCUT2D eigenvalue weighted by atomic mass is 35.5. The highest BCUT2D eigenvalue weighted by Crippen LogP contribution is 2.27. The zero-order chi connectivity index (χ0) is 12.3. The molecule has 1 heterocycles. The van der Waals surface area contributed by atoms with Gasteiger partial charge in [-0.15, -0.1) is 0 Å². The number of benzene rings is 1. The van der Waals surface area contributed by atoms with Gasteiger partial charge in [0.05, 0.1) is 6.04 Å². The van der Waals surface area contributed by atoms with Gasteiger partial charge in [-0.3, -0.25) is 10.8 Å². The fourth-order valence-electron chi connectivity index (χ4n) is 1.72. The van der Waals surface area contributed by atoms with Gasteiger partial charge in [-0.05, 0) is 29.3 Å². The average molecular weight is 249 g/mol. The molecule has 5 heteroatoms. The summed E-state index contributed by atoms with van der Waals surface area (Å²) in [4.78, 5) is 4.06. The lowest BCUT2D eigenvalue weighted by Crippen LogP contribution is -2.29. The zero-order valence-corrected chi connectivity index (χ0v) is 9.85. The van der Waals surface area contributed by atoms with Gasteiger partial charge in [0, 0.05) is 23.1 Å². The molecule has 0 radical (unpaired) electrons. The van der Waals surface area contributed by atoms with Gasteiger partial charge in [-0.25, -0.2) is 5.43 Å². The Kier molecular flexibility index (Phi) is 3.58. The van der Waals surface area contributed by atoms with E-state index in [1.807, 2.05) is 18.2 Å². The molecule has 0 bridgehead atoms. The Morgan fingerprint density at radius 2 is 2.12 bits per heavy atom. The first kappa shape index (κ1) is 11.9. The fraction of sp³-hybridized carbons (Fsp3) is 0.0833. The zero-order valence-electron chi connectivity index (χ0n) is 9.10. The first-order chi connectivity index (χ1) is 8.22. The van der Waals surface area contributed by atoms with Crippen molar-refractivity contribution in [2.24, 2.45) is 5.84 Å². The molecule has 0 saturated carbocycles. The second-order valence-corrected chi connectivity index (χ2v) is 4.10. The van der Waals surface area contributed by atoms with E-state index in [0.29, 0.717) is 10.7 Å². The number of nitrogens with zero attached hydrogens (tertiary/aromatic N) is 1. The standard InChI is InChI=1S/C12H13ClN4/c13-9-3-4-10(11(14)6-9)12(17-15)8-2-1-5-16-7-8/h1-7,12,17H,14-15H2. The SMILES string of the molecule is NNC(c1cccnc1)c1ccc(Cl)cc1N. The predicted octanol–water partition coefficient (Wildman–Crippen LogP) is 1.87. The van der Waals surface area contributed by atoms with Crippen LogP contribution in [0.15, 0.2) is 42.7 Å².